The van der Waals surface area contributed by atoms with E-state index in [9.17, 15) is 9.59 Å². The fraction of sp³-hybridized carbons (Fsp3) is 0.263. The summed E-state index contributed by atoms with van der Waals surface area (Å²) in [4.78, 5) is 25.8. The van der Waals surface area contributed by atoms with Crippen molar-refractivity contribution in [2.45, 2.75) is 20.0 Å². The average Bonchev–Trinajstić information content (AvgIpc) is 2.94. The monoisotopic (exact) mass is 324 g/mol. The second-order valence-electron chi connectivity index (χ2n) is 6.03. The van der Waals surface area contributed by atoms with E-state index in [0.29, 0.717) is 18.7 Å². The van der Waals surface area contributed by atoms with Gasteiger partial charge >= 0.3 is 6.09 Å². The van der Waals surface area contributed by atoms with Crippen LogP contribution in [0.2, 0.25) is 0 Å². The Morgan fingerprint density at radius 1 is 1.17 bits per heavy atom. The lowest BCUT2D eigenvalue weighted by atomic mass is 10.1. The molecule has 5 heteroatoms. The molecule has 1 aliphatic heterocycles. The molecule has 5 nitrogen and oxygen atoms in total. The maximum absolute atomic E-state index is 12.1. The summed E-state index contributed by atoms with van der Waals surface area (Å²) in [6.07, 6.45) is -0.734. The number of anilines is 1. The third kappa shape index (κ3) is 3.56. The van der Waals surface area contributed by atoms with Crippen molar-refractivity contribution in [3.63, 3.8) is 0 Å². The highest BCUT2D eigenvalue weighted by Gasteiger charge is 2.32. The molecule has 3 rings (SSSR count). The number of hydrogen-bond acceptors (Lipinski definition) is 3. The topological polar surface area (TPSA) is 58.6 Å². The summed E-state index contributed by atoms with van der Waals surface area (Å²) in [5, 5.41) is 2.82. The third-order valence-electron chi connectivity index (χ3n) is 3.99. The highest BCUT2D eigenvalue weighted by Crippen LogP contribution is 2.22. The SMILES string of the molecule is Cc1ccc(C(=O)NCC2CN(c3cccc(C)c3)C(=O)O2)cc1. The first kappa shape index (κ1) is 16.1. The smallest absolute Gasteiger partial charge is 0.414 e. The molecule has 1 atom stereocenters. The van der Waals surface area contributed by atoms with E-state index >= 15 is 0 Å². The van der Waals surface area contributed by atoms with Gasteiger partial charge in [-0.3, -0.25) is 9.69 Å². The zero-order valence-electron chi connectivity index (χ0n) is 13.8. The largest absolute Gasteiger partial charge is 0.442 e. The lowest BCUT2D eigenvalue weighted by molar-refractivity contribution is 0.0916. The van der Waals surface area contributed by atoms with Crippen molar-refractivity contribution in [2.75, 3.05) is 18.0 Å². The van der Waals surface area contributed by atoms with Crippen LogP contribution in [0.3, 0.4) is 0 Å². The molecule has 1 fully saturated rings. The zero-order chi connectivity index (χ0) is 17.1. The number of ether oxygens (including phenoxy) is 1. The second-order valence-corrected chi connectivity index (χ2v) is 6.03. The van der Waals surface area contributed by atoms with Crippen LogP contribution >= 0.6 is 0 Å². The molecule has 0 spiro atoms. The van der Waals surface area contributed by atoms with E-state index in [4.69, 9.17) is 4.74 Å². The molecule has 0 radical (unpaired) electrons. The van der Waals surface area contributed by atoms with Crippen LogP contribution in [-0.2, 0) is 4.74 Å². The van der Waals surface area contributed by atoms with Crippen LogP contribution in [-0.4, -0.2) is 31.2 Å². The van der Waals surface area contributed by atoms with E-state index < -0.39 is 0 Å². The van der Waals surface area contributed by atoms with Gasteiger partial charge in [-0.05, 0) is 43.7 Å². The fourth-order valence-electron chi connectivity index (χ4n) is 2.65. The Bertz CT molecular complexity index is 755. The molecule has 1 unspecified atom stereocenters. The van der Waals surface area contributed by atoms with Gasteiger partial charge in [0.2, 0.25) is 0 Å². The predicted molar refractivity (Wildman–Crippen MR) is 92.3 cm³/mol. The molecular formula is C19H20N2O3. The Balaban J connectivity index is 1.58. The summed E-state index contributed by atoms with van der Waals surface area (Å²) in [5.41, 5.74) is 3.59. The molecule has 1 N–H and O–H groups in total. The maximum Gasteiger partial charge on any atom is 0.414 e. The summed E-state index contributed by atoms with van der Waals surface area (Å²) in [7, 11) is 0. The number of carbonyl (C=O) groups excluding carboxylic acids is 2. The summed E-state index contributed by atoms with van der Waals surface area (Å²) in [6, 6.07) is 15.0. The Morgan fingerprint density at radius 3 is 2.62 bits per heavy atom. The van der Waals surface area contributed by atoms with Crippen LogP contribution < -0.4 is 10.2 Å². The summed E-state index contributed by atoms with van der Waals surface area (Å²) < 4.78 is 5.35. The van der Waals surface area contributed by atoms with E-state index in [1.807, 2.05) is 50.2 Å². The molecule has 1 heterocycles. The van der Waals surface area contributed by atoms with Gasteiger partial charge in [-0.2, -0.15) is 0 Å². The van der Waals surface area contributed by atoms with Gasteiger partial charge in [0.05, 0.1) is 13.1 Å². The molecule has 24 heavy (non-hydrogen) atoms. The first-order chi connectivity index (χ1) is 11.5. The highest BCUT2D eigenvalue weighted by atomic mass is 16.6. The standard InChI is InChI=1S/C19H20N2O3/c1-13-6-8-15(9-7-13)18(22)20-11-17-12-21(19(23)24-17)16-5-3-4-14(2)10-16/h3-10,17H,11-12H2,1-2H3,(H,20,22). The quantitative estimate of drug-likeness (QED) is 0.940. The maximum atomic E-state index is 12.1. The van der Waals surface area contributed by atoms with Crippen LogP contribution in [0.1, 0.15) is 21.5 Å². The third-order valence-corrected chi connectivity index (χ3v) is 3.99. The van der Waals surface area contributed by atoms with E-state index in [0.717, 1.165) is 16.8 Å². The minimum Gasteiger partial charge on any atom is -0.442 e. The molecule has 0 aromatic heterocycles. The number of carbonyl (C=O) groups is 2. The number of aryl methyl sites for hydroxylation is 2. The van der Waals surface area contributed by atoms with Crippen LogP contribution in [0.15, 0.2) is 48.5 Å². The Hall–Kier alpha value is -2.82. The molecule has 0 aliphatic carbocycles. The molecule has 2 aromatic rings. The molecule has 1 aliphatic rings. The van der Waals surface area contributed by atoms with Crippen LogP contribution in [0.4, 0.5) is 10.5 Å². The van der Waals surface area contributed by atoms with Crippen LogP contribution in [0, 0.1) is 13.8 Å². The van der Waals surface area contributed by atoms with E-state index in [-0.39, 0.29) is 18.1 Å². The first-order valence-electron chi connectivity index (χ1n) is 7.92. The second kappa shape index (κ2) is 6.74. The van der Waals surface area contributed by atoms with Crippen molar-refractivity contribution in [3.05, 3.63) is 65.2 Å². The van der Waals surface area contributed by atoms with Crippen molar-refractivity contribution >= 4 is 17.7 Å². The number of cyclic esters (lactones) is 1. The van der Waals surface area contributed by atoms with Gasteiger partial charge in [0, 0.05) is 11.3 Å². The Kier molecular flexibility index (Phi) is 4.51. The van der Waals surface area contributed by atoms with Crippen molar-refractivity contribution in [2.24, 2.45) is 0 Å². The van der Waals surface area contributed by atoms with Gasteiger partial charge < -0.3 is 10.1 Å². The van der Waals surface area contributed by atoms with Crippen LogP contribution in [0.5, 0.6) is 0 Å². The lowest BCUT2D eigenvalue weighted by Crippen LogP contribution is -2.34. The lowest BCUT2D eigenvalue weighted by Gasteiger charge is -2.13. The molecule has 2 amide bonds. The molecule has 0 bridgehead atoms. The number of rotatable bonds is 4. The molecule has 124 valence electrons. The first-order valence-corrected chi connectivity index (χ1v) is 7.92. The minimum absolute atomic E-state index is 0.167. The van der Waals surface area contributed by atoms with Crippen LogP contribution in [0.25, 0.3) is 0 Å². The van der Waals surface area contributed by atoms with Crippen molar-refractivity contribution < 1.29 is 14.3 Å². The summed E-state index contributed by atoms with van der Waals surface area (Å²) in [6.45, 7) is 4.67. The number of hydrogen-bond donors (Lipinski definition) is 1. The molecule has 0 saturated carbocycles. The number of nitrogens with zero attached hydrogens (tertiary/aromatic N) is 1. The number of nitrogens with one attached hydrogen (secondary N) is 1. The molecular weight excluding hydrogens is 304 g/mol. The van der Waals surface area contributed by atoms with Crippen molar-refractivity contribution in [1.29, 1.82) is 0 Å². The van der Waals surface area contributed by atoms with E-state index in [2.05, 4.69) is 5.32 Å². The zero-order valence-corrected chi connectivity index (χ0v) is 13.8. The van der Waals surface area contributed by atoms with Gasteiger partial charge in [0.15, 0.2) is 0 Å². The Morgan fingerprint density at radius 2 is 1.92 bits per heavy atom. The molecule has 2 aromatic carbocycles. The fourth-order valence-corrected chi connectivity index (χ4v) is 2.65. The number of benzene rings is 2. The van der Waals surface area contributed by atoms with Crippen molar-refractivity contribution in [1.82, 2.24) is 5.32 Å². The minimum atomic E-state index is -0.379. The Labute approximate surface area is 141 Å². The van der Waals surface area contributed by atoms with E-state index in [1.54, 1.807) is 17.0 Å². The van der Waals surface area contributed by atoms with Crippen molar-refractivity contribution in [3.8, 4) is 0 Å². The van der Waals surface area contributed by atoms with Gasteiger partial charge in [0.25, 0.3) is 5.91 Å². The normalized spacial score (nSPS) is 16.8. The summed E-state index contributed by atoms with van der Waals surface area (Å²) in [5.74, 6) is -0.167. The molecule has 1 saturated heterocycles. The average molecular weight is 324 g/mol. The van der Waals surface area contributed by atoms with Gasteiger partial charge in [-0.25, -0.2) is 4.79 Å². The highest BCUT2D eigenvalue weighted by molar-refractivity contribution is 5.94. The van der Waals surface area contributed by atoms with E-state index in [1.165, 1.54) is 0 Å². The predicted octanol–water partition coefficient (Wildman–Crippen LogP) is 3.06. The van der Waals surface area contributed by atoms with Gasteiger partial charge in [-0.15, -0.1) is 0 Å². The number of amides is 2. The van der Waals surface area contributed by atoms with Gasteiger partial charge in [-0.1, -0.05) is 29.8 Å². The van der Waals surface area contributed by atoms with Gasteiger partial charge in [0.1, 0.15) is 6.10 Å². The summed E-state index contributed by atoms with van der Waals surface area (Å²) >= 11 is 0.